The zero-order chi connectivity index (χ0) is 13.5. The highest BCUT2D eigenvalue weighted by Gasteiger charge is 1.97. The van der Waals surface area contributed by atoms with Crippen molar-refractivity contribution < 1.29 is 4.84 Å². The van der Waals surface area contributed by atoms with Crippen molar-refractivity contribution >= 4 is 12.3 Å². The predicted octanol–water partition coefficient (Wildman–Crippen LogP) is 4.19. The Morgan fingerprint density at radius 1 is 1.16 bits per heavy atom. The van der Waals surface area contributed by atoms with Crippen LogP contribution in [0, 0.1) is 6.92 Å². The maximum atomic E-state index is 5.33. The summed E-state index contributed by atoms with van der Waals surface area (Å²) in [5, 5.41) is 3.99. The number of hydrogen-bond acceptors (Lipinski definition) is 2. The molecule has 2 nitrogen and oxygen atoms in total. The van der Waals surface area contributed by atoms with Gasteiger partial charge in [-0.3, -0.25) is 0 Å². The molecule has 0 fully saturated rings. The molecule has 0 aliphatic rings. The first-order valence-corrected chi connectivity index (χ1v) is 6.22. The summed E-state index contributed by atoms with van der Waals surface area (Å²) in [5.41, 5.74) is 4.41. The van der Waals surface area contributed by atoms with Crippen molar-refractivity contribution in [2.24, 2.45) is 5.16 Å². The molecule has 0 aliphatic heterocycles. The van der Waals surface area contributed by atoms with Crippen molar-refractivity contribution in [3.05, 3.63) is 77.4 Å². The monoisotopic (exact) mass is 251 g/mol. The SMILES string of the molecule is C=Cc1ccccc1CON=Cc1cccc(C)c1. The fourth-order valence-corrected chi connectivity index (χ4v) is 1.82. The van der Waals surface area contributed by atoms with E-state index in [2.05, 4.69) is 30.8 Å². The number of oxime groups is 1. The molecule has 0 bridgehead atoms. The highest BCUT2D eigenvalue weighted by Crippen LogP contribution is 2.11. The predicted molar refractivity (Wildman–Crippen MR) is 80.1 cm³/mol. The molecule has 0 aromatic heterocycles. The van der Waals surface area contributed by atoms with Gasteiger partial charge in [0, 0.05) is 0 Å². The van der Waals surface area contributed by atoms with Gasteiger partial charge in [0.1, 0.15) is 6.61 Å². The van der Waals surface area contributed by atoms with E-state index in [-0.39, 0.29) is 0 Å². The zero-order valence-electron chi connectivity index (χ0n) is 11.0. The summed E-state index contributed by atoms with van der Waals surface area (Å²) in [7, 11) is 0. The van der Waals surface area contributed by atoms with Gasteiger partial charge in [0.2, 0.25) is 0 Å². The second-order valence-corrected chi connectivity index (χ2v) is 4.33. The van der Waals surface area contributed by atoms with Gasteiger partial charge in [0.15, 0.2) is 0 Å². The normalized spacial score (nSPS) is 10.6. The van der Waals surface area contributed by atoms with E-state index in [9.17, 15) is 0 Å². The lowest BCUT2D eigenvalue weighted by Crippen LogP contribution is -1.91. The molecule has 0 saturated heterocycles. The zero-order valence-corrected chi connectivity index (χ0v) is 11.0. The Morgan fingerprint density at radius 2 is 2.00 bits per heavy atom. The second kappa shape index (κ2) is 6.55. The summed E-state index contributed by atoms with van der Waals surface area (Å²) in [6.45, 7) is 6.29. The Labute approximate surface area is 114 Å². The van der Waals surface area contributed by atoms with Crippen LogP contribution in [0.2, 0.25) is 0 Å². The van der Waals surface area contributed by atoms with Crippen molar-refractivity contribution in [3.63, 3.8) is 0 Å². The molecule has 0 spiro atoms. The first kappa shape index (κ1) is 13.1. The highest BCUT2D eigenvalue weighted by atomic mass is 16.6. The van der Waals surface area contributed by atoms with Gasteiger partial charge in [-0.05, 0) is 23.6 Å². The average Bonchev–Trinajstić information content (AvgIpc) is 2.44. The van der Waals surface area contributed by atoms with Gasteiger partial charge < -0.3 is 4.84 Å². The van der Waals surface area contributed by atoms with Crippen LogP contribution in [-0.2, 0) is 11.4 Å². The minimum absolute atomic E-state index is 0.449. The fourth-order valence-electron chi connectivity index (χ4n) is 1.82. The van der Waals surface area contributed by atoms with Crippen LogP contribution in [0.3, 0.4) is 0 Å². The lowest BCUT2D eigenvalue weighted by molar-refractivity contribution is 0.132. The van der Waals surface area contributed by atoms with E-state index in [4.69, 9.17) is 4.84 Å². The minimum atomic E-state index is 0.449. The average molecular weight is 251 g/mol. The number of benzene rings is 2. The number of hydrogen-bond donors (Lipinski definition) is 0. The molecule has 0 atom stereocenters. The molecule has 0 aliphatic carbocycles. The lowest BCUT2D eigenvalue weighted by Gasteiger charge is -2.03. The lowest BCUT2D eigenvalue weighted by atomic mass is 10.1. The van der Waals surface area contributed by atoms with Crippen LogP contribution in [0.25, 0.3) is 6.08 Å². The van der Waals surface area contributed by atoms with Gasteiger partial charge >= 0.3 is 0 Å². The molecule has 2 heteroatoms. The molecule has 0 unspecified atom stereocenters. The maximum absolute atomic E-state index is 5.33. The van der Waals surface area contributed by atoms with Gasteiger partial charge in [-0.15, -0.1) is 0 Å². The molecule has 0 radical (unpaired) electrons. The number of rotatable bonds is 5. The van der Waals surface area contributed by atoms with Crippen LogP contribution in [0.5, 0.6) is 0 Å². The van der Waals surface area contributed by atoms with E-state index in [1.165, 1.54) is 5.56 Å². The number of nitrogens with zero attached hydrogens (tertiary/aromatic N) is 1. The fraction of sp³-hybridized carbons (Fsp3) is 0.118. The summed E-state index contributed by atoms with van der Waals surface area (Å²) < 4.78 is 0. The van der Waals surface area contributed by atoms with Crippen molar-refractivity contribution in [3.8, 4) is 0 Å². The van der Waals surface area contributed by atoms with E-state index < -0.39 is 0 Å². The van der Waals surface area contributed by atoms with Gasteiger partial charge in [-0.25, -0.2) is 0 Å². The summed E-state index contributed by atoms with van der Waals surface area (Å²) in [6.07, 6.45) is 3.55. The van der Waals surface area contributed by atoms with Crippen molar-refractivity contribution in [1.29, 1.82) is 0 Å². The Hall–Kier alpha value is -2.35. The van der Waals surface area contributed by atoms with E-state index in [0.717, 1.165) is 16.7 Å². The van der Waals surface area contributed by atoms with Crippen molar-refractivity contribution in [2.45, 2.75) is 13.5 Å². The molecule has 19 heavy (non-hydrogen) atoms. The molecule has 0 heterocycles. The van der Waals surface area contributed by atoms with Gasteiger partial charge in [0.05, 0.1) is 6.21 Å². The molecule has 0 amide bonds. The van der Waals surface area contributed by atoms with Gasteiger partial charge in [-0.1, -0.05) is 71.9 Å². The first-order chi connectivity index (χ1) is 9.29. The van der Waals surface area contributed by atoms with Crippen LogP contribution in [0.15, 0.2) is 60.3 Å². The third-order valence-electron chi connectivity index (χ3n) is 2.81. The molecule has 0 saturated carbocycles. The molecular formula is C17H17NO. The number of aryl methyl sites for hydroxylation is 1. The summed E-state index contributed by atoms with van der Waals surface area (Å²) >= 11 is 0. The van der Waals surface area contributed by atoms with Crippen molar-refractivity contribution in [2.75, 3.05) is 0 Å². The third-order valence-corrected chi connectivity index (χ3v) is 2.81. The standard InChI is InChI=1S/C17H17NO/c1-3-16-9-4-5-10-17(16)13-19-18-12-15-8-6-7-14(2)11-15/h3-12H,1,13H2,2H3. The van der Waals surface area contributed by atoms with Crippen LogP contribution in [0.4, 0.5) is 0 Å². The Kier molecular flexibility index (Phi) is 4.51. The molecule has 2 aromatic carbocycles. The van der Waals surface area contributed by atoms with Crippen molar-refractivity contribution in [1.82, 2.24) is 0 Å². The molecule has 0 N–H and O–H groups in total. The Morgan fingerprint density at radius 3 is 2.79 bits per heavy atom. The topological polar surface area (TPSA) is 21.6 Å². The smallest absolute Gasteiger partial charge is 0.142 e. The van der Waals surface area contributed by atoms with E-state index >= 15 is 0 Å². The quantitative estimate of drug-likeness (QED) is 0.577. The summed E-state index contributed by atoms with van der Waals surface area (Å²) in [5.74, 6) is 0. The molecular weight excluding hydrogens is 234 g/mol. The first-order valence-electron chi connectivity index (χ1n) is 6.22. The summed E-state index contributed by atoms with van der Waals surface area (Å²) in [4.78, 5) is 5.33. The third kappa shape index (κ3) is 3.81. The van der Waals surface area contributed by atoms with E-state index in [0.29, 0.717) is 6.61 Å². The Balaban J connectivity index is 1.95. The summed E-state index contributed by atoms with van der Waals surface area (Å²) in [6, 6.07) is 16.1. The minimum Gasteiger partial charge on any atom is -0.391 e. The second-order valence-electron chi connectivity index (χ2n) is 4.33. The highest BCUT2D eigenvalue weighted by molar-refractivity contribution is 5.79. The van der Waals surface area contributed by atoms with E-state index in [1.807, 2.05) is 42.5 Å². The largest absolute Gasteiger partial charge is 0.391 e. The maximum Gasteiger partial charge on any atom is 0.142 e. The van der Waals surface area contributed by atoms with Crippen LogP contribution in [-0.4, -0.2) is 6.21 Å². The van der Waals surface area contributed by atoms with Crippen LogP contribution < -0.4 is 0 Å². The molecule has 96 valence electrons. The van der Waals surface area contributed by atoms with Gasteiger partial charge in [0.25, 0.3) is 0 Å². The van der Waals surface area contributed by atoms with Crippen LogP contribution in [0.1, 0.15) is 22.3 Å². The van der Waals surface area contributed by atoms with Gasteiger partial charge in [-0.2, -0.15) is 0 Å². The Bertz CT molecular complexity index is 587. The van der Waals surface area contributed by atoms with E-state index in [1.54, 1.807) is 6.21 Å². The van der Waals surface area contributed by atoms with Crippen LogP contribution >= 0.6 is 0 Å². The molecule has 2 rings (SSSR count). The molecule has 2 aromatic rings.